The molecule has 2 rings (SSSR count). The Kier molecular flexibility index (Phi) is 3.74. The monoisotopic (exact) mass is 261 g/mol. The van der Waals surface area contributed by atoms with Crippen molar-refractivity contribution in [1.82, 2.24) is 15.6 Å². The summed E-state index contributed by atoms with van der Waals surface area (Å²) >= 11 is 11.5. The molecule has 2 heterocycles. The van der Waals surface area contributed by atoms with Crippen molar-refractivity contribution in [3.63, 3.8) is 0 Å². The Labute approximate surface area is 104 Å². The zero-order valence-electron chi connectivity index (χ0n) is 8.65. The maximum atomic E-state index is 11.7. The number of halogens is 2. The van der Waals surface area contributed by atoms with Crippen LogP contribution in [0.5, 0.6) is 0 Å². The van der Waals surface area contributed by atoms with Crippen LogP contribution in [0, 0.1) is 0 Å². The van der Waals surface area contributed by atoms with Gasteiger partial charge in [0.1, 0.15) is 10.8 Å². The van der Waals surface area contributed by atoms with Crippen molar-refractivity contribution in [3.05, 3.63) is 21.9 Å². The summed E-state index contributed by atoms with van der Waals surface area (Å²) in [5.74, 6) is -0.178. The number of hydrogen-bond acceptors (Lipinski definition) is 2. The van der Waals surface area contributed by atoms with Gasteiger partial charge in [-0.1, -0.05) is 23.2 Å². The van der Waals surface area contributed by atoms with Crippen LogP contribution in [0.25, 0.3) is 0 Å². The number of aromatic nitrogens is 1. The van der Waals surface area contributed by atoms with E-state index in [2.05, 4.69) is 15.6 Å². The van der Waals surface area contributed by atoms with E-state index in [4.69, 9.17) is 23.2 Å². The number of nitrogens with one attached hydrogen (secondary N) is 3. The maximum Gasteiger partial charge on any atom is 0.267 e. The SMILES string of the molecule is O=C(NC[C@H]1CCCN1)c1cc(Cl)c(Cl)[nH]1. The first-order valence-electron chi connectivity index (χ1n) is 5.22. The van der Waals surface area contributed by atoms with Crippen LogP contribution in [0.15, 0.2) is 6.07 Å². The van der Waals surface area contributed by atoms with Crippen molar-refractivity contribution in [2.24, 2.45) is 0 Å². The quantitative estimate of drug-likeness (QED) is 0.778. The van der Waals surface area contributed by atoms with Crippen molar-refractivity contribution in [2.45, 2.75) is 18.9 Å². The fourth-order valence-corrected chi connectivity index (χ4v) is 2.08. The molecule has 0 saturated carbocycles. The van der Waals surface area contributed by atoms with Gasteiger partial charge in [0.25, 0.3) is 5.91 Å². The van der Waals surface area contributed by atoms with Gasteiger partial charge in [-0.25, -0.2) is 0 Å². The zero-order valence-corrected chi connectivity index (χ0v) is 10.2. The number of carbonyl (C=O) groups is 1. The normalized spacial score (nSPS) is 20.0. The highest BCUT2D eigenvalue weighted by atomic mass is 35.5. The van der Waals surface area contributed by atoms with E-state index < -0.39 is 0 Å². The van der Waals surface area contributed by atoms with Crippen molar-refractivity contribution < 1.29 is 4.79 Å². The summed E-state index contributed by atoms with van der Waals surface area (Å²) in [5.41, 5.74) is 0.396. The first-order chi connectivity index (χ1) is 7.66. The Balaban J connectivity index is 1.87. The molecular formula is C10H13Cl2N3O. The zero-order chi connectivity index (χ0) is 11.5. The minimum Gasteiger partial charge on any atom is -0.349 e. The predicted molar refractivity (Wildman–Crippen MR) is 64.2 cm³/mol. The lowest BCUT2D eigenvalue weighted by atomic mass is 10.2. The lowest BCUT2D eigenvalue weighted by molar-refractivity contribution is 0.0946. The van der Waals surface area contributed by atoms with E-state index in [1.807, 2.05) is 0 Å². The van der Waals surface area contributed by atoms with E-state index >= 15 is 0 Å². The van der Waals surface area contributed by atoms with Crippen LogP contribution in [0.1, 0.15) is 23.3 Å². The second kappa shape index (κ2) is 5.08. The molecule has 1 aromatic rings. The molecule has 16 heavy (non-hydrogen) atoms. The molecule has 1 atom stereocenters. The smallest absolute Gasteiger partial charge is 0.267 e. The Morgan fingerprint density at radius 2 is 2.38 bits per heavy atom. The van der Waals surface area contributed by atoms with E-state index in [0.29, 0.717) is 28.5 Å². The standard InChI is InChI=1S/C10H13Cl2N3O/c11-7-4-8(15-9(7)12)10(16)14-5-6-2-1-3-13-6/h4,6,13,15H,1-3,5H2,(H,14,16)/t6-/m1/s1. The molecule has 88 valence electrons. The molecular weight excluding hydrogens is 249 g/mol. The molecule has 4 nitrogen and oxygen atoms in total. The molecule has 1 fully saturated rings. The van der Waals surface area contributed by atoms with Gasteiger partial charge >= 0.3 is 0 Å². The molecule has 1 aliphatic heterocycles. The Bertz CT molecular complexity index is 366. The van der Waals surface area contributed by atoms with Crippen molar-refractivity contribution >= 4 is 29.1 Å². The Morgan fingerprint density at radius 3 is 2.94 bits per heavy atom. The van der Waals surface area contributed by atoms with E-state index in [1.54, 1.807) is 0 Å². The molecule has 6 heteroatoms. The van der Waals surface area contributed by atoms with Gasteiger partial charge in [-0.15, -0.1) is 0 Å². The van der Waals surface area contributed by atoms with Gasteiger partial charge in [-0.3, -0.25) is 4.79 Å². The third-order valence-electron chi connectivity index (χ3n) is 2.64. The van der Waals surface area contributed by atoms with Gasteiger partial charge in [0, 0.05) is 12.6 Å². The van der Waals surface area contributed by atoms with E-state index in [1.165, 1.54) is 12.5 Å². The minimum absolute atomic E-state index is 0.178. The molecule has 0 radical (unpaired) electrons. The predicted octanol–water partition coefficient (Wildman–Crippen LogP) is 1.80. The summed E-state index contributed by atoms with van der Waals surface area (Å²) in [7, 11) is 0. The van der Waals surface area contributed by atoms with Crippen molar-refractivity contribution in [1.29, 1.82) is 0 Å². The van der Waals surface area contributed by atoms with Crippen LogP contribution in [0.2, 0.25) is 10.2 Å². The van der Waals surface area contributed by atoms with Crippen LogP contribution in [0.3, 0.4) is 0 Å². The molecule has 1 aromatic heterocycles. The first kappa shape index (κ1) is 11.8. The number of carbonyl (C=O) groups excluding carboxylic acids is 1. The van der Waals surface area contributed by atoms with E-state index in [9.17, 15) is 4.79 Å². The topological polar surface area (TPSA) is 56.9 Å². The van der Waals surface area contributed by atoms with Crippen LogP contribution in [-0.4, -0.2) is 30.0 Å². The molecule has 1 aliphatic rings. The number of H-pyrrole nitrogens is 1. The van der Waals surface area contributed by atoms with Crippen LogP contribution < -0.4 is 10.6 Å². The first-order valence-corrected chi connectivity index (χ1v) is 5.98. The molecule has 1 saturated heterocycles. The highest BCUT2D eigenvalue weighted by Gasteiger charge is 2.16. The molecule has 0 spiro atoms. The number of aromatic amines is 1. The lowest BCUT2D eigenvalue weighted by Gasteiger charge is -2.10. The fraction of sp³-hybridized carbons (Fsp3) is 0.500. The molecule has 0 unspecified atom stereocenters. The summed E-state index contributed by atoms with van der Waals surface area (Å²) in [6, 6.07) is 1.91. The van der Waals surface area contributed by atoms with Crippen molar-refractivity contribution in [3.8, 4) is 0 Å². The summed E-state index contributed by atoms with van der Waals surface area (Å²) in [5, 5.41) is 6.80. The molecule has 3 N–H and O–H groups in total. The summed E-state index contributed by atoms with van der Waals surface area (Å²) in [6.45, 7) is 1.66. The molecule has 0 aromatic carbocycles. The van der Waals surface area contributed by atoms with Gasteiger partial charge in [0.15, 0.2) is 0 Å². The fourth-order valence-electron chi connectivity index (χ4n) is 1.77. The largest absolute Gasteiger partial charge is 0.349 e. The minimum atomic E-state index is -0.178. The van der Waals surface area contributed by atoms with Gasteiger partial charge in [-0.2, -0.15) is 0 Å². The van der Waals surface area contributed by atoms with Crippen molar-refractivity contribution in [2.75, 3.05) is 13.1 Å². The Morgan fingerprint density at radius 1 is 1.56 bits per heavy atom. The van der Waals surface area contributed by atoms with Crippen LogP contribution >= 0.6 is 23.2 Å². The third-order valence-corrected chi connectivity index (χ3v) is 3.33. The summed E-state index contributed by atoms with van der Waals surface area (Å²) < 4.78 is 0. The van der Waals surface area contributed by atoms with Crippen LogP contribution in [-0.2, 0) is 0 Å². The van der Waals surface area contributed by atoms with Gasteiger partial charge in [-0.05, 0) is 25.5 Å². The number of rotatable bonds is 3. The van der Waals surface area contributed by atoms with Gasteiger partial charge < -0.3 is 15.6 Å². The average Bonchev–Trinajstić information content (AvgIpc) is 2.86. The van der Waals surface area contributed by atoms with Crippen LogP contribution in [0.4, 0.5) is 0 Å². The van der Waals surface area contributed by atoms with E-state index in [-0.39, 0.29) is 5.91 Å². The van der Waals surface area contributed by atoms with E-state index in [0.717, 1.165) is 13.0 Å². The highest BCUT2D eigenvalue weighted by molar-refractivity contribution is 6.41. The molecule has 0 aliphatic carbocycles. The second-order valence-electron chi connectivity index (χ2n) is 3.85. The van der Waals surface area contributed by atoms with Gasteiger partial charge in [0.2, 0.25) is 0 Å². The summed E-state index contributed by atoms with van der Waals surface area (Å²) in [6.07, 6.45) is 2.27. The molecule has 1 amide bonds. The molecule has 0 bridgehead atoms. The summed E-state index contributed by atoms with van der Waals surface area (Å²) in [4.78, 5) is 14.4. The van der Waals surface area contributed by atoms with Gasteiger partial charge in [0.05, 0.1) is 5.02 Å². The second-order valence-corrected chi connectivity index (χ2v) is 4.63. The highest BCUT2D eigenvalue weighted by Crippen LogP contribution is 2.21. The number of amides is 1. The average molecular weight is 262 g/mol. The lowest BCUT2D eigenvalue weighted by Crippen LogP contribution is -2.37. The third kappa shape index (κ3) is 2.70. The number of hydrogen-bond donors (Lipinski definition) is 3. The maximum absolute atomic E-state index is 11.7. The Hall–Kier alpha value is -0.710.